The number of likely N-dealkylation sites (N-methyl/N-ethyl adjacent to an activating group) is 1. The maximum absolute atomic E-state index is 12.3. The zero-order valence-corrected chi connectivity index (χ0v) is 19.1. The molecule has 0 bridgehead atoms. The average Bonchev–Trinajstić information content (AvgIpc) is 3.39. The first-order chi connectivity index (χ1) is 15.6. The van der Waals surface area contributed by atoms with Crippen LogP contribution in [0.25, 0.3) is 6.08 Å². The number of thioether (sulfide) groups is 1. The van der Waals surface area contributed by atoms with Gasteiger partial charge in [-0.1, -0.05) is 96.8 Å². The summed E-state index contributed by atoms with van der Waals surface area (Å²) in [5, 5.41) is 7.11. The third-order valence-electron chi connectivity index (χ3n) is 5.64. The van der Waals surface area contributed by atoms with Gasteiger partial charge >= 0.3 is 0 Å². The molecule has 3 aromatic rings. The van der Waals surface area contributed by atoms with Gasteiger partial charge in [0.05, 0.1) is 22.3 Å². The molecule has 1 atom stereocenters. The first-order valence-electron chi connectivity index (χ1n) is 10.4. The number of hydrogen-bond donors (Lipinski definition) is 0. The van der Waals surface area contributed by atoms with Crippen LogP contribution in [0.4, 0.5) is 5.69 Å². The highest BCUT2D eigenvalue weighted by molar-refractivity contribution is 8.26. The Bertz CT molecular complexity index is 1220. The van der Waals surface area contributed by atoms with E-state index in [-0.39, 0.29) is 11.9 Å². The standard InChI is InChI=1S/C26H21N3OS2/c1-28-25(30)24(32-26(28)31)16-18-12-14-21(15-13-18)29-23(20-10-6-3-7-11-20)17-22(27-29)19-8-4-2-5-9-19/h2-16,23H,17H2,1H3/b24-16-. The summed E-state index contributed by atoms with van der Waals surface area (Å²) in [4.78, 5) is 14.4. The third kappa shape index (κ3) is 3.99. The van der Waals surface area contributed by atoms with Crippen molar-refractivity contribution >= 4 is 51.7 Å². The largest absolute Gasteiger partial charge is 0.296 e. The van der Waals surface area contributed by atoms with Gasteiger partial charge in [0.1, 0.15) is 4.32 Å². The molecule has 32 heavy (non-hydrogen) atoms. The zero-order chi connectivity index (χ0) is 22.1. The molecule has 6 heteroatoms. The molecule has 1 amide bonds. The van der Waals surface area contributed by atoms with Gasteiger partial charge in [-0.2, -0.15) is 5.10 Å². The smallest absolute Gasteiger partial charge is 0.265 e. The van der Waals surface area contributed by atoms with E-state index < -0.39 is 0 Å². The number of rotatable bonds is 4. The number of thiocarbonyl (C=S) groups is 1. The molecule has 0 spiro atoms. The van der Waals surface area contributed by atoms with Crippen LogP contribution in [0.2, 0.25) is 0 Å². The second kappa shape index (κ2) is 8.73. The van der Waals surface area contributed by atoms with Crippen molar-refractivity contribution in [3.63, 3.8) is 0 Å². The highest BCUT2D eigenvalue weighted by Crippen LogP contribution is 2.37. The predicted molar refractivity (Wildman–Crippen MR) is 137 cm³/mol. The van der Waals surface area contributed by atoms with Crippen LogP contribution in [0.15, 0.2) is 94.9 Å². The molecule has 0 N–H and O–H groups in total. The summed E-state index contributed by atoms with van der Waals surface area (Å²) in [6.45, 7) is 0. The van der Waals surface area contributed by atoms with E-state index in [1.807, 2.05) is 42.5 Å². The van der Waals surface area contributed by atoms with Gasteiger partial charge < -0.3 is 0 Å². The second-order valence-electron chi connectivity index (χ2n) is 7.72. The maximum Gasteiger partial charge on any atom is 0.265 e. The monoisotopic (exact) mass is 455 g/mol. The Morgan fingerprint density at radius 1 is 0.969 bits per heavy atom. The summed E-state index contributed by atoms with van der Waals surface area (Å²) in [6, 6.07) is 29.1. The summed E-state index contributed by atoms with van der Waals surface area (Å²) in [6.07, 6.45) is 2.73. The van der Waals surface area contributed by atoms with Gasteiger partial charge in [0.15, 0.2) is 0 Å². The van der Waals surface area contributed by atoms with Crippen LogP contribution in [0, 0.1) is 0 Å². The molecule has 2 aliphatic heterocycles. The molecule has 5 rings (SSSR count). The zero-order valence-electron chi connectivity index (χ0n) is 17.5. The second-order valence-corrected chi connectivity index (χ2v) is 9.40. The summed E-state index contributed by atoms with van der Waals surface area (Å²) in [5.74, 6) is -0.0511. The molecule has 0 aliphatic carbocycles. The molecule has 158 valence electrons. The number of benzene rings is 3. The van der Waals surface area contributed by atoms with Gasteiger partial charge in [-0.3, -0.25) is 14.7 Å². The summed E-state index contributed by atoms with van der Waals surface area (Å²) < 4.78 is 0.586. The number of carbonyl (C=O) groups excluding carboxylic acids is 1. The van der Waals surface area contributed by atoms with Crippen LogP contribution in [0.5, 0.6) is 0 Å². The van der Waals surface area contributed by atoms with Crippen molar-refractivity contribution in [1.82, 2.24) is 4.90 Å². The molecular formula is C26H21N3OS2. The van der Waals surface area contributed by atoms with Gasteiger partial charge in [0.25, 0.3) is 5.91 Å². The summed E-state index contributed by atoms with van der Waals surface area (Å²) >= 11 is 6.56. The topological polar surface area (TPSA) is 35.9 Å². The van der Waals surface area contributed by atoms with Crippen molar-refractivity contribution in [2.45, 2.75) is 12.5 Å². The van der Waals surface area contributed by atoms with E-state index >= 15 is 0 Å². The van der Waals surface area contributed by atoms with E-state index in [9.17, 15) is 4.79 Å². The van der Waals surface area contributed by atoms with Crippen molar-refractivity contribution in [2.75, 3.05) is 12.1 Å². The Labute approximate surface area is 197 Å². The number of nitrogens with zero attached hydrogens (tertiary/aromatic N) is 3. The highest BCUT2D eigenvalue weighted by Gasteiger charge is 2.30. The SMILES string of the molecule is CN1C(=O)/C(=C/c2ccc(N3N=C(c4ccccc4)CC3c3ccccc3)cc2)SC1=S. The Kier molecular flexibility index (Phi) is 5.64. The summed E-state index contributed by atoms with van der Waals surface area (Å²) in [5.41, 5.74) is 5.44. The van der Waals surface area contributed by atoms with Crippen molar-refractivity contribution in [3.05, 3.63) is 107 Å². The van der Waals surface area contributed by atoms with Crippen LogP contribution < -0.4 is 5.01 Å². The van der Waals surface area contributed by atoms with E-state index in [0.29, 0.717) is 9.23 Å². The molecule has 0 radical (unpaired) electrons. The fourth-order valence-electron chi connectivity index (χ4n) is 3.91. The number of anilines is 1. The quantitative estimate of drug-likeness (QED) is 0.364. The summed E-state index contributed by atoms with van der Waals surface area (Å²) in [7, 11) is 1.71. The molecule has 2 heterocycles. The lowest BCUT2D eigenvalue weighted by molar-refractivity contribution is -0.121. The van der Waals surface area contributed by atoms with Crippen molar-refractivity contribution in [2.24, 2.45) is 5.10 Å². The highest BCUT2D eigenvalue weighted by atomic mass is 32.2. The predicted octanol–water partition coefficient (Wildman–Crippen LogP) is 5.87. The van der Waals surface area contributed by atoms with Crippen LogP contribution in [0.1, 0.15) is 29.2 Å². The van der Waals surface area contributed by atoms with E-state index in [4.69, 9.17) is 17.3 Å². The Morgan fingerprint density at radius 2 is 1.62 bits per heavy atom. The van der Waals surface area contributed by atoms with E-state index in [0.717, 1.165) is 28.9 Å². The molecule has 1 fully saturated rings. The minimum atomic E-state index is -0.0511. The van der Waals surface area contributed by atoms with Crippen LogP contribution >= 0.6 is 24.0 Å². The Balaban J connectivity index is 1.46. The first-order valence-corrected chi connectivity index (χ1v) is 11.6. The third-order valence-corrected chi connectivity index (χ3v) is 7.13. The van der Waals surface area contributed by atoms with Crippen LogP contribution in [0.3, 0.4) is 0 Å². The van der Waals surface area contributed by atoms with Crippen molar-refractivity contribution < 1.29 is 4.79 Å². The van der Waals surface area contributed by atoms with Gasteiger partial charge in [0.2, 0.25) is 0 Å². The number of hydrogen-bond acceptors (Lipinski definition) is 5. The number of hydrazone groups is 1. The van der Waals surface area contributed by atoms with Crippen molar-refractivity contribution in [3.8, 4) is 0 Å². The van der Waals surface area contributed by atoms with Crippen LogP contribution in [-0.4, -0.2) is 27.9 Å². The molecular weight excluding hydrogens is 434 g/mol. The molecule has 1 unspecified atom stereocenters. The average molecular weight is 456 g/mol. The Hall–Kier alpha value is -3.22. The minimum absolute atomic E-state index is 0.0511. The lowest BCUT2D eigenvalue weighted by atomic mass is 9.98. The van der Waals surface area contributed by atoms with Gasteiger partial charge in [-0.25, -0.2) is 0 Å². The first kappa shape index (κ1) is 20.7. The normalized spacial score (nSPS) is 19.7. The lowest BCUT2D eigenvalue weighted by Gasteiger charge is -2.24. The molecule has 0 saturated carbocycles. The fraction of sp³-hybridized carbons (Fsp3) is 0.115. The fourth-order valence-corrected chi connectivity index (χ4v) is 5.09. The van der Waals surface area contributed by atoms with Crippen molar-refractivity contribution in [1.29, 1.82) is 0 Å². The molecule has 2 aliphatic rings. The van der Waals surface area contributed by atoms with Gasteiger partial charge in [0, 0.05) is 13.5 Å². The van der Waals surface area contributed by atoms with E-state index in [2.05, 4.69) is 53.5 Å². The molecule has 0 aromatic heterocycles. The van der Waals surface area contributed by atoms with Gasteiger partial charge in [-0.05, 0) is 34.9 Å². The maximum atomic E-state index is 12.3. The number of amides is 1. The molecule has 1 saturated heterocycles. The lowest BCUT2D eigenvalue weighted by Crippen LogP contribution is -2.22. The molecule has 3 aromatic carbocycles. The van der Waals surface area contributed by atoms with Gasteiger partial charge in [-0.15, -0.1) is 0 Å². The molecule has 4 nitrogen and oxygen atoms in total. The Morgan fingerprint density at radius 3 is 2.25 bits per heavy atom. The van der Waals surface area contributed by atoms with E-state index in [1.165, 1.54) is 22.2 Å². The van der Waals surface area contributed by atoms with E-state index in [1.54, 1.807) is 7.05 Å². The number of carbonyl (C=O) groups is 1. The van der Waals surface area contributed by atoms with Crippen LogP contribution in [-0.2, 0) is 4.79 Å². The minimum Gasteiger partial charge on any atom is -0.296 e.